The molecule has 0 radical (unpaired) electrons. The summed E-state index contributed by atoms with van der Waals surface area (Å²) in [6.07, 6.45) is 3.56. The van der Waals surface area contributed by atoms with E-state index in [9.17, 15) is 4.79 Å². The number of hydrogen-bond donors (Lipinski definition) is 0. The smallest absolute Gasteiger partial charge is 0.337 e. The Morgan fingerprint density at radius 1 is 1.62 bits per heavy atom. The van der Waals surface area contributed by atoms with Crippen LogP contribution >= 0.6 is 0 Å². The molecule has 13 heavy (non-hydrogen) atoms. The SMILES string of the molecule is CCCc1cc(C(=O)OC)ccn1. The minimum absolute atomic E-state index is 0.306. The number of aryl methyl sites for hydroxylation is 1. The zero-order valence-corrected chi connectivity index (χ0v) is 7.91. The summed E-state index contributed by atoms with van der Waals surface area (Å²) in [6, 6.07) is 3.43. The van der Waals surface area contributed by atoms with Crippen LogP contribution in [0.25, 0.3) is 0 Å². The summed E-state index contributed by atoms with van der Waals surface area (Å²) in [5.74, 6) is -0.306. The molecule has 0 N–H and O–H groups in total. The summed E-state index contributed by atoms with van der Waals surface area (Å²) >= 11 is 0. The van der Waals surface area contributed by atoms with Crippen molar-refractivity contribution >= 4 is 5.97 Å². The van der Waals surface area contributed by atoms with E-state index in [2.05, 4.69) is 16.6 Å². The van der Waals surface area contributed by atoms with Crippen LogP contribution in [0.1, 0.15) is 29.4 Å². The third-order valence-electron chi connectivity index (χ3n) is 1.74. The molecule has 0 saturated carbocycles. The molecule has 0 aliphatic heterocycles. The number of rotatable bonds is 3. The van der Waals surface area contributed by atoms with E-state index in [1.54, 1.807) is 18.3 Å². The molecule has 0 saturated heterocycles. The van der Waals surface area contributed by atoms with E-state index in [1.165, 1.54) is 7.11 Å². The van der Waals surface area contributed by atoms with Gasteiger partial charge in [-0.05, 0) is 18.6 Å². The summed E-state index contributed by atoms with van der Waals surface area (Å²) in [4.78, 5) is 15.3. The molecule has 70 valence electrons. The van der Waals surface area contributed by atoms with Crippen molar-refractivity contribution in [3.63, 3.8) is 0 Å². The summed E-state index contributed by atoms with van der Waals surface area (Å²) < 4.78 is 4.60. The van der Waals surface area contributed by atoms with Crippen LogP contribution in [0.5, 0.6) is 0 Å². The highest BCUT2D eigenvalue weighted by Gasteiger charge is 2.05. The molecule has 1 heterocycles. The van der Waals surface area contributed by atoms with Gasteiger partial charge in [0.05, 0.1) is 12.7 Å². The lowest BCUT2D eigenvalue weighted by molar-refractivity contribution is 0.0600. The molecule has 0 bridgehead atoms. The minimum atomic E-state index is -0.306. The molecular formula is C10H13NO2. The molecule has 0 aromatic carbocycles. The molecule has 0 aliphatic carbocycles. The summed E-state index contributed by atoms with van der Waals surface area (Å²) in [5.41, 5.74) is 1.51. The van der Waals surface area contributed by atoms with E-state index in [1.807, 2.05) is 0 Å². The van der Waals surface area contributed by atoms with Gasteiger partial charge in [-0.1, -0.05) is 13.3 Å². The Morgan fingerprint density at radius 3 is 3.00 bits per heavy atom. The maximum atomic E-state index is 11.1. The highest BCUT2D eigenvalue weighted by Crippen LogP contribution is 2.05. The number of ether oxygens (including phenoxy) is 1. The van der Waals surface area contributed by atoms with Crippen LogP contribution in [-0.4, -0.2) is 18.1 Å². The highest BCUT2D eigenvalue weighted by molar-refractivity contribution is 5.89. The number of nitrogens with zero attached hydrogens (tertiary/aromatic N) is 1. The van der Waals surface area contributed by atoms with Crippen molar-refractivity contribution in [2.24, 2.45) is 0 Å². The second-order valence-corrected chi connectivity index (χ2v) is 2.78. The Hall–Kier alpha value is -1.38. The molecule has 3 nitrogen and oxygen atoms in total. The molecule has 1 rings (SSSR count). The van der Waals surface area contributed by atoms with Crippen molar-refractivity contribution in [3.05, 3.63) is 29.6 Å². The molecule has 3 heteroatoms. The molecule has 1 aromatic heterocycles. The number of esters is 1. The van der Waals surface area contributed by atoms with Crippen molar-refractivity contribution < 1.29 is 9.53 Å². The van der Waals surface area contributed by atoms with Gasteiger partial charge in [0.25, 0.3) is 0 Å². The monoisotopic (exact) mass is 179 g/mol. The van der Waals surface area contributed by atoms with Gasteiger partial charge in [-0.3, -0.25) is 4.98 Å². The maximum absolute atomic E-state index is 11.1. The predicted octanol–water partition coefficient (Wildman–Crippen LogP) is 1.82. The van der Waals surface area contributed by atoms with E-state index in [4.69, 9.17) is 0 Å². The van der Waals surface area contributed by atoms with E-state index in [-0.39, 0.29) is 5.97 Å². The van der Waals surface area contributed by atoms with Crippen molar-refractivity contribution in [2.75, 3.05) is 7.11 Å². The van der Waals surface area contributed by atoms with Gasteiger partial charge in [-0.15, -0.1) is 0 Å². The lowest BCUT2D eigenvalue weighted by Gasteiger charge is -2.01. The Morgan fingerprint density at radius 2 is 2.38 bits per heavy atom. The van der Waals surface area contributed by atoms with Crippen LogP contribution in [0.2, 0.25) is 0 Å². The fourth-order valence-electron chi connectivity index (χ4n) is 1.12. The molecule has 0 amide bonds. The zero-order valence-electron chi connectivity index (χ0n) is 7.91. The van der Waals surface area contributed by atoms with E-state index in [0.29, 0.717) is 5.56 Å². The lowest BCUT2D eigenvalue weighted by atomic mass is 10.2. The molecule has 1 aromatic rings. The number of pyridine rings is 1. The van der Waals surface area contributed by atoms with Crippen molar-refractivity contribution in [1.29, 1.82) is 0 Å². The summed E-state index contributed by atoms with van der Waals surface area (Å²) in [6.45, 7) is 2.08. The fourth-order valence-corrected chi connectivity index (χ4v) is 1.12. The first kappa shape index (κ1) is 9.71. The van der Waals surface area contributed by atoms with Crippen LogP contribution in [0, 0.1) is 0 Å². The first-order chi connectivity index (χ1) is 6.27. The largest absolute Gasteiger partial charge is 0.465 e. The van der Waals surface area contributed by atoms with E-state index < -0.39 is 0 Å². The van der Waals surface area contributed by atoms with Gasteiger partial charge in [0, 0.05) is 11.9 Å². The van der Waals surface area contributed by atoms with Gasteiger partial charge >= 0.3 is 5.97 Å². The molecule has 0 unspecified atom stereocenters. The van der Waals surface area contributed by atoms with Gasteiger partial charge in [-0.2, -0.15) is 0 Å². The number of hydrogen-bond acceptors (Lipinski definition) is 3. The molecule has 0 spiro atoms. The van der Waals surface area contributed by atoms with Gasteiger partial charge in [0.1, 0.15) is 0 Å². The third-order valence-corrected chi connectivity index (χ3v) is 1.74. The van der Waals surface area contributed by atoms with Crippen molar-refractivity contribution in [3.8, 4) is 0 Å². The molecule has 0 aliphatic rings. The normalized spacial score (nSPS) is 9.69. The fraction of sp³-hybridized carbons (Fsp3) is 0.400. The average Bonchev–Trinajstić information content (AvgIpc) is 2.18. The minimum Gasteiger partial charge on any atom is -0.465 e. The Labute approximate surface area is 77.8 Å². The second kappa shape index (κ2) is 4.60. The number of methoxy groups -OCH3 is 1. The lowest BCUT2D eigenvalue weighted by Crippen LogP contribution is -2.02. The summed E-state index contributed by atoms with van der Waals surface area (Å²) in [7, 11) is 1.38. The van der Waals surface area contributed by atoms with Crippen LogP contribution in [-0.2, 0) is 11.2 Å². The average molecular weight is 179 g/mol. The van der Waals surface area contributed by atoms with Crippen molar-refractivity contribution in [2.45, 2.75) is 19.8 Å². The Bertz CT molecular complexity index is 297. The first-order valence-corrected chi connectivity index (χ1v) is 4.31. The van der Waals surface area contributed by atoms with Gasteiger partial charge in [0.2, 0.25) is 0 Å². The molecular weight excluding hydrogens is 166 g/mol. The van der Waals surface area contributed by atoms with Crippen LogP contribution in [0.15, 0.2) is 18.3 Å². The number of carbonyl (C=O) groups excluding carboxylic acids is 1. The van der Waals surface area contributed by atoms with E-state index in [0.717, 1.165) is 18.5 Å². The topological polar surface area (TPSA) is 39.2 Å². The molecule has 0 fully saturated rings. The number of aromatic nitrogens is 1. The quantitative estimate of drug-likeness (QED) is 0.664. The van der Waals surface area contributed by atoms with Crippen LogP contribution in [0.4, 0.5) is 0 Å². The predicted molar refractivity (Wildman–Crippen MR) is 49.6 cm³/mol. The maximum Gasteiger partial charge on any atom is 0.337 e. The van der Waals surface area contributed by atoms with E-state index >= 15 is 0 Å². The molecule has 0 atom stereocenters. The van der Waals surface area contributed by atoms with Gasteiger partial charge in [0.15, 0.2) is 0 Å². The van der Waals surface area contributed by atoms with Crippen molar-refractivity contribution in [1.82, 2.24) is 4.98 Å². The highest BCUT2D eigenvalue weighted by atomic mass is 16.5. The standard InChI is InChI=1S/C10H13NO2/c1-3-4-9-7-8(5-6-11-9)10(12)13-2/h5-7H,3-4H2,1-2H3. The zero-order chi connectivity index (χ0) is 9.68. The summed E-state index contributed by atoms with van der Waals surface area (Å²) in [5, 5.41) is 0. The Balaban J connectivity index is 2.85. The van der Waals surface area contributed by atoms with Crippen LogP contribution < -0.4 is 0 Å². The van der Waals surface area contributed by atoms with Gasteiger partial charge in [-0.25, -0.2) is 4.79 Å². The Kier molecular flexibility index (Phi) is 3.43. The number of carbonyl (C=O) groups is 1. The first-order valence-electron chi connectivity index (χ1n) is 4.31. The second-order valence-electron chi connectivity index (χ2n) is 2.78. The van der Waals surface area contributed by atoms with Crippen LogP contribution in [0.3, 0.4) is 0 Å². The van der Waals surface area contributed by atoms with Gasteiger partial charge < -0.3 is 4.74 Å². The third kappa shape index (κ3) is 2.54.